The third-order valence-corrected chi connectivity index (χ3v) is 0.789. The molecule has 0 unspecified atom stereocenters. The van der Waals surface area contributed by atoms with Crippen LogP contribution in [0.5, 0.6) is 0 Å². The number of hydrogen-bond acceptors (Lipinski definition) is 2. The molecule has 0 aromatic rings. The maximum absolute atomic E-state index is 4.57. The van der Waals surface area contributed by atoms with E-state index >= 15 is 0 Å². The quantitative estimate of drug-likeness (QED) is 0.314. The van der Waals surface area contributed by atoms with Crippen LogP contribution in [0.15, 0.2) is 0 Å². The molecule has 3 heteroatoms. The maximum atomic E-state index is 4.57. The van der Waals surface area contributed by atoms with E-state index in [9.17, 15) is 0 Å². The van der Waals surface area contributed by atoms with E-state index in [1.54, 1.807) is 0 Å². The molecule has 2 nitrogen and oxygen atoms in total. The van der Waals surface area contributed by atoms with Gasteiger partial charge in [0, 0.05) is 0 Å². The van der Waals surface area contributed by atoms with Gasteiger partial charge in [0.2, 0.25) is 0 Å². The fraction of sp³-hybridized carbons (Fsp3) is 1.00. The average Bonchev–Trinajstić information content (AvgIpc) is 1.72. The van der Waals surface area contributed by atoms with Crippen molar-refractivity contribution in [2.24, 2.45) is 0 Å². The van der Waals surface area contributed by atoms with Gasteiger partial charge in [0.15, 0.2) is 0 Å². The summed E-state index contributed by atoms with van der Waals surface area (Å²) < 4.78 is 0. The zero-order valence-electron chi connectivity index (χ0n) is 3.64. The van der Waals surface area contributed by atoms with Crippen LogP contribution in [0.25, 0.3) is 0 Å². The second-order valence-electron chi connectivity index (χ2n) is 1.35. The van der Waals surface area contributed by atoms with E-state index in [1.807, 2.05) is 0 Å². The monoisotopic (exact) mass is 96.1 g/mol. The summed E-state index contributed by atoms with van der Waals surface area (Å²) in [5.74, 6) is 0. The molecule has 0 N–H and O–H groups in total. The van der Waals surface area contributed by atoms with Crippen molar-refractivity contribution < 1.29 is 9.78 Å². The van der Waals surface area contributed by atoms with E-state index in [1.165, 1.54) is 0 Å². The summed E-state index contributed by atoms with van der Waals surface area (Å²) >= 11 is 0. The van der Waals surface area contributed by atoms with Gasteiger partial charge in [0.1, 0.15) is 0 Å². The third-order valence-electron chi connectivity index (χ3n) is 0.789. The Labute approximate surface area is 55.3 Å². The fourth-order valence-corrected chi connectivity index (χ4v) is 0.440. The van der Waals surface area contributed by atoms with Crippen molar-refractivity contribution in [3.05, 3.63) is 0 Å². The Morgan fingerprint density at radius 2 is 1.29 bits per heavy atom. The number of hydrogen-bond donors (Lipinski definition) is 0. The molecule has 0 aliphatic carbocycles. The Bertz CT molecular complexity index is 25.2. The van der Waals surface area contributed by atoms with E-state index in [0.29, 0.717) is 0 Å². The molecule has 1 saturated heterocycles. The molecule has 0 atom stereocenters. The van der Waals surface area contributed by atoms with Crippen molar-refractivity contribution in [1.29, 1.82) is 0 Å². The molecule has 0 aromatic heterocycles. The number of rotatable bonds is 0. The van der Waals surface area contributed by atoms with Gasteiger partial charge < -0.3 is 0 Å². The molecule has 1 rings (SSSR count). The summed E-state index contributed by atoms with van der Waals surface area (Å²) in [5.41, 5.74) is 0. The Kier molecular flexibility index (Phi) is 5.02. The first kappa shape index (κ1) is 7.52. The van der Waals surface area contributed by atoms with Gasteiger partial charge in [-0.1, -0.05) is 0 Å². The van der Waals surface area contributed by atoms with Crippen molar-refractivity contribution in [2.45, 2.75) is 12.8 Å². The van der Waals surface area contributed by atoms with Crippen LogP contribution in [0.1, 0.15) is 12.8 Å². The third kappa shape index (κ3) is 3.13. The predicted molar refractivity (Wildman–Crippen MR) is 28.3 cm³/mol. The minimum absolute atomic E-state index is 0. The minimum atomic E-state index is 0. The van der Waals surface area contributed by atoms with Crippen LogP contribution in [0.3, 0.4) is 0 Å². The molecule has 1 aliphatic rings. The summed E-state index contributed by atoms with van der Waals surface area (Å²) in [7, 11) is 0. The predicted octanol–water partition coefficient (Wildman–Crippen LogP) is 0.0799. The Morgan fingerprint density at radius 3 is 1.43 bits per heavy atom. The first-order chi connectivity index (χ1) is 3.00. The normalized spacial score (nSPS) is 20.6. The molecule has 0 saturated carbocycles. The summed E-state index contributed by atoms with van der Waals surface area (Å²) in [5, 5.41) is 0. The van der Waals surface area contributed by atoms with Gasteiger partial charge in [0.25, 0.3) is 0 Å². The first-order valence-electron chi connectivity index (χ1n) is 2.24. The fourth-order valence-electron chi connectivity index (χ4n) is 0.440. The van der Waals surface area contributed by atoms with Crippen LogP contribution in [-0.2, 0) is 9.78 Å². The standard InChI is InChI=1S/C4H8O2.Li.H/c1-2-4-6-5-3-1;;/h1-4H2;;. The topological polar surface area (TPSA) is 18.5 Å². The molecule has 0 bridgehead atoms. The van der Waals surface area contributed by atoms with Crippen LogP contribution >= 0.6 is 0 Å². The summed E-state index contributed by atoms with van der Waals surface area (Å²) in [6.07, 6.45) is 2.31. The van der Waals surface area contributed by atoms with E-state index in [0.717, 1.165) is 26.1 Å². The molecule has 1 fully saturated rings. The van der Waals surface area contributed by atoms with Gasteiger partial charge in [0.05, 0.1) is 13.2 Å². The Hall–Kier alpha value is 0.517. The Balaban J connectivity index is 0.000000360. The van der Waals surface area contributed by atoms with Crippen LogP contribution in [0.4, 0.5) is 0 Å². The molecule has 1 heterocycles. The van der Waals surface area contributed by atoms with E-state index in [4.69, 9.17) is 0 Å². The van der Waals surface area contributed by atoms with Gasteiger partial charge >= 0.3 is 18.9 Å². The molecule has 0 radical (unpaired) electrons. The van der Waals surface area contributed by atoms with Gasteiger partial charge in [-0.05, 0) is 12.8 Å². The van der Waals surface area contributed by atoms with Crippen molar-refractivity contribution in [2.75, 3.05) is 13.2 Å². The van der Waals surface area contributed by atoms with Crippen LogP contribution in [0, 0.1) is 0 Å². The summed E-state index contributed by atoms with van der Waals surface area (Å²) in [4.78, 5) is 9.14. The molecule has 7 heavy (non-hydrogen) atoms. The SMILES string of the molecule is C1CCOOC1.[LiH]. The van der Waals surface area contributed by atoms with E-state index in [-0.39, 0.29) is 18.9 Å². The average molecular weight is 96.1 g/mol. The van der Waals surface area contributed by atoms with Gasteiger partial charge in [-0.15, -0.1) is 0 Å². The van der Waals surface area contributed by atoms with Gasteiger partial charge in [-0.3, -0.25) is 0 Å². The zero-order chi connectivity index (χ0) is 4.24. The Morgan fingerprint density at radius 1 is 0.857 bits per heavy atom. The van der Waals surface area contributed by atoms with Gasteiger partial charge in [-0.2, -0.15) is 0 Å². The van der Waals surface area contributed by atoms with Crippen LogP contribution in [0.2, 0.25) is 0 Å². The van der Waals surface area contributed by atoms with Crippen LogP contribution in [-0.4, -0.2) is 32.1 Å². The molecule has 38 valence electrons. The molecular formula is C4H9LiO2. The molecule has 0 spiro atoms. The van der Waals surface area contributed by atoms with E-state index in [2.05, 4.69) is 9.78 Å². The zero-order valence-corrected chi connectivity index (χ0v) is 3.64. The molecule has 1 aliphatic heterocycles. The van der Waals surface area contributed by atoms with Crippen molar-refractivity contribution in [3.63, 3.8) is 0 Å². The van der Waals surface area contributed by atoms with Crippen LogP contribution < -0.4 is 0 Å². The van der Waals surface area contributed by atoms with Crippen molar-refractivity contribution in [1.82, 2.24) is 0 Å². The van der Waals surface area contributed by atoms with Crippen molar-refractivity contribution >= 4 is 18.9 Å². The second kappa shape index (κ2) is 4.67. The molecule has 0 aromatic carbocycles. The van der Waals surface area contributed by atoms with Gasteiger partial charge in [-0.25, -0.2) is 9.78 Å². The summed E-state index contributed by atoms with van der Waals surface area (Å²) in [6, 6.07) is 0. The van der Waals surface area contributed by atoms with Crippen molar-refractivity contribution in [3.8, 4) is 0 Å². The molecule has 0 amide bonds. The molecular weight excluding hydrogens is 87.0 g/mol. The second-order valence-corrected chi connectivity index (χ2v) is 1.35. The van der Waals surface area contributed by atoms with E-state index < -0.39 is 0 Å². The first-order valence-corrected chi connectivity index (χ1v) is 2.24. The summed E-state index contributed by atoms with van der Waals surface area (Å²) in [6.45, 7) is 1.56.